The van der Waals surface area contributed by atoms with Crippen LogP contribution in [0.25, 0.3) is 0 Å². The molecular formula is C11H17NO2. The Labute approximate surface area is 84.0 Å². The van der Waals surface area contributed by atoms with Crippen molar-refractivity contribution in [3.63, 3.8) is 0 Å². The molecule has 0 saturated heterocycles. The molecule has 0 aliphatic carbocycles. The molecule has 0 amide bonds. The number of aromatic nitrogens is 1. The van der Waals surface area contributed by atoms with Gasteiger partial charge in [0.15, 0.2) is 5.43 Å². The maximum absolute atomic E-state index is 11.2. The van der Waals surface area contributed by atoms with E-state index in [1.807, 2.05) is 32.3 Å². The monoisotopic (exact) mass is 195 g/mol. The molecule has 1 aromatic heterocycles. The largest absolute Gasteiger partial charge is 0.394 e. The van der Waals surface area contributed by atoms with Gasteiger partial charge >= 0.3 is 0 Å². The van der Waals surface area contributed by atoms with Crippen molar-refractivity contribution >= 4 is 0 Å². The molecule has 0 unspecified atom stereocenters. The van der Waals surface area contributed by atoms with Crippen molar-refractivity contribution in [2.75, 3.05) is 6.61 Å². The fourth-order valence-corrected chi connectivity index (χ4v) is 1.89. The quantitative estimate of drug-likeness (QED) is 0.770. The fourth-order valence-electron chi connectivity index (χ4n) is 1.89. The summed E-state index contributed by atoms with van der Waals surface area (Å²) < 4.78 is 1.98. The van der Waals surface area contributed by atoms with Crippen molar-refractivity contribution in [2.45, 2.75) is 33.2 Å². The first-order valence-electron chi connectivity index (χ1n) is 4.70. The third kappa shape index (κ3) is 1.87. The SMILES string of the molecule is Cc1cc(=O)cc(C)n1C(C)(C)CO. The highest BCUT2D eigenvalue weighted by atomic mass is 16.3. The van der Waals surface area contributed by atoms with Crippen molar-refractivity contribution in [3.8, 4) is 0 Å². The molecule has 0 radical (unpaired) electrons. The Morgan fingerprint density at radius 1 is 1.29 bits per heavy atom. The van der Waals surface area contributed by atoms with Gasteiger partial charge in [0.2, 0.25) is 0 Å². The lowest BCUT2D eigenvalue weighted by molar-refractivity contribution is 0.159. The van der Waals surface area contributed by atoms with Crippen LogP contribution in [0.1, 0.15) is 25.2 Å². The number of aliphatic hydroxyl groups excluding tert-OH is 1. The van der Waals surface area contributed by atoms with Crippen LogP contribution in [-0.2, 0) is 5.54 Å². The van der Waals surface area contributed by atoms with E-state index in [1.165, 1.54) is 0 Å². The summed E-state index contributed by atoms with van der Waals surface area (Å²) in [6.07, 6.45) is 0. The molecule has 0 spiro atoms. The number of aliphatic hydroxyl groups is 1. The van der Waals surface area contributed by atoms with Gasteiger partial charge < -0.3 is 9.67 Å². The minimum atomic E-state index is -0.359. The molecule has 1 aromatic rings. The molecule has 1 heterocycles. The Balaban J connectivity index is 3.42. The van der Waals surface area contributed by atoms with Gasteiger partial charge in [0.25, 0.3) is 0 Å². The third-order valence-electron chi connectivity index (χ3n) is 2.40. The molecule has 1 rings (SSSR count). The zero-order valence-corrected chi connectivity index (χ0v) is 9.16. The second-order valence-electron chi connectivity index (χ2n) is 4.28. The standard InChI is InChI=1S/C11H17NO2/c1-8-5-10(14)6-9(2)12(8)11(3,4)7-13/h5-6,13H,7H2,1-4H3. The summed E-state index contributed by atoms with van der Waals surface area (Å²) in [4.78, 5) is 11.2. The van der Waals surface area contributed by atoms with Gasteiger partial charge in [-0.05, 0) is 27.7 Å². The molecule has 14 heavy (non-hydrogen) atoms. The minimum Gasteiger partial charge on any atom is -0.394 e. The fraction of sp³-hybridized carbons (Fsp3) is 0.545. The highest BCUT2D eigenvalue weighted by Crippen LogP contribution is 2.18. The van der Waals surface area contributed by atoms with Crippen molar-refractivity contribution in [1.82, 2.24) is 4.57 Å². The van der Waals surface area contributed by atoms with E-state index in [-0.39, 0.29) is 17.6 Å². The molecule has 3 heteroatoms. The molecule has 3 nitrogen and oxygen atoms in total. The van der Waals surface area contributed by atoms with Crippen LogP contribution >= 0.6 is 0 Å². The topological polar surface area (TPSA) is 42.2 Å². The van der Waals surface area contributed by atoms with E-state index in [2.05, 4.69) is 0 Å². The van der Waals surface area contributed by atoms with Crippen LogP contribution in [0.2, 0.25) is 0 Å². The van der Waals surface area contributed by atoms with E-state index >= 15 is 0 Å². The van der Waals surface area contributed by atoms with Gasteiger partial charge in [0.05, 0.1) is 12.1 Å². The summed E-state index contributed by atoms with van der Waals surface area (Å²) in [6, 6.07) is 3.18. The molecule has 0 aliphatic rings. The number of nitrogens with zero attached hydrogens (tertiary/aromatic N) is 1. The third-order valence-corrected chi connectivity index (χ3v) is 2.40. The van der Waals surface area contributed by atoms with Gasteiger partial charge in [-0.15, -0.1) is 0 Å². The van der Waals surface area contributed by atoms with Gasteiger partial charge in [-0.3, -0.25) is 4.79 Å². The number of hydrogen-bond donors (Lipinski definition) is 1. The van der Waals surface area contributed by atoms with Crippen LogP contribution in [0.15, 0.2) is 16.9 Å². The van der Waals surface area contributed by atoms with Crippen LogP contribution in [0.4, 0.5) is 0 Å². The zero-order valence-electron chi connectivity index (χ0n) is 9.16. The zero-order chi connectivity index (χ0) is 10.9. The molecule has 0 aliphatic heterocycles. The molecule has 78 valence electrons. The number of aryl methyl sites for hydroxylation is 2. The molecule has 0 fully saturated rings. The molecule has 1 N–H and O–H groups in total. The minimum absolute atomic E-state index is 0.0185. The van der Waals surface area contributed by atoms with Crippen LogP contribution in [0, 0.1) is 13.8 Å². The first-order valence-corrected chi connectivity index (χ1v) is 4.70. The van der Waals surface area contributed by atoms with Crippen LogP contribution < -0.4 is 5.43 Å². The number of hydrogen-bond acceptors (Lipinski definition) is 2. The lowest BCUT2D eigenvalue weighted by Gasteiger charge is -2.30. The van der Waals surface area contributed by atoms with E-state index in [0.717, 1.165) is 11.4 Å². The van der Waals surface area contributed by atoms with Gasteiger partial charge in [0.1, 0.15) is 0 Å². The smallest absolute Gasteiger partial charge is 0.182 e. The van der Waals surface area contributed by atoms with Gasteiger partial charge in [0, 0.05) is 23.5 Å². The highest BCUT2D eigenvalue weighted by Gasteiger charge is 2.21. The first-order chi connectivity index (χ1) is 6.38. The van der Waals surface area contributed by atoms with Crippen molar-refractivity contribution < 1.29 is 5.11 Å². The predicted molar refractivity (Wildman–Crippen MR) is 56.6 cm³/mol. The Bertz CT molecular complexity index is 365. The summed E-state index contributed by atoms with van der Waals surface area (Å²) >= 11 is 0. The highest BCUT2D eigenvalue weighted by molar-refractivity contribution is 5.15. The van der Waals surface area contributed by atoms with Crippen molar-refractivity contribution in [2.24, 2.45) is 0 Å². The van der Waals surface area contributed by atoms with Crippen LogP contribution in [-0.4, -0.2) is 16.3 Å². The van der Waals surface area contributed by atoms with Gasteiger partial charge in [-0.1, -0.05) is 0 Å². The van der Waals surface area contributed by atoms with Crippen molar-refractivity contribution in [1.29, 1.82) is 0 Å². The molecular weight excluding hydrogens is 178 g/mol. The van der Waals surface area contributed by atoms with Crippen molar-refractivity contribution in [3.05, 3.63) is 33.7 Å². The first kappa shape index (κ1) is 11.0. The summed E-state index contributed by atoms with van der Waals surface area (Å²) in [5, 5.41) is 9.27. The van der Waals surface area contributed by atoms with Crippen LogP contribution in [0.5, 0.6) is 0 Å². The molecule has 0 atom stereocenters. The molecule has 0 bridgehead atoms. The van der Waals surface area contributed by atoms with E-state index in [9.17, 15) is 9.90 Å². The summed E-state index contributed by atoms with van der Waals surface area (Å²) in [5.74, 6) is 0. The average molecular weight is 195 g/mol. The molecule has 0 aromatic carbocycles. The van der Waals surface area contributed by atoms with E-state index in [1.54, 1.807) is 12.1 Å². The average Bonchev–Trinajstić information content (AvgIpc) is 2.01. The second-order valence-corrected chi connectivity index (χ2v) is 4.28. The normalized spacial score (nSPS) is 11.8. The van der Waals surface area contributed by atoms with E-state index in [0.29, 0.717) is 0 Å². The Morgan fingerprint density at radius 3 is 2.07 bits per heavy atom. The summed E-state index contributed by atoms with van der Waals surface area (Å²) in [5.41, 5.74) is 1.43. The van der Waals surface area contributed by atoms with Gasteiger partial charge in [-0.2, -0.15) is 0 Å². The predicted octanol–water partition coefficient (Wildman–Crippen LogP) is 1.19. The maximum atomic E-state index is 11.2. The summed E-state index contributed by atoms with van der Waals surface area (Å²) in [6.45, 7) is 7.70. The maximum Gasteiger partial charge on any atom is 0.182 e. The molecule has 0 saturated carbocycles. The second kappa shape index (κ2) is 3.58. The Morgan fingerprint density at radius 2 is 1.71 bits per heavy atom. The lowest BCUT2D eigenvalue weighted by atomic mass is 10.0. The van der Waals surface area contributed by atoms with Crippen LogP contribution in [0.3, 0.4) is 0 Å². The Kier molecular flexibility index (Phi) is 2.81. The van der Waals surface area contributed by atoms with E-state index in [4.69, 9.17) is 0 Å². The lowest BCUT2D eigenvalue weighted by Crippen LogP contribution is -2.34. The Hall–Kier alpha value is -1.09. The number of rotatable bonds is 2. The summed E-state index contributed by atoms with van der Waals surface area (Å²) in [7, 11) is 0. The van der Waals surface area contributed by atoms with E-state index < -0.39 is 0 Å². The number of pyridine rings is 1. The van der Waals surface area contributed by atoms with Gasteiger partial charge in [-0.25, -0.2) is 0 Å².